The van der Waals surface area contributed by atoms with Crippen LogP contribution in [-0.2, 0) is 16.0 Å². The van der Waals surface area contributed by atoms with Gasteiger partial charge in [-0.05, 0) is 43.5 Å². The van der Waals surface area contributed by atoms with Crippen LogP contribution in [0.4, 0.5) is 5.69 Å². The van der Waals surface area contributed by atoms with Crippen molar-refractivity contribution in [2.45, 2.75) is 32.8 Å². The number of benzene rings is 1. The quantitative estimate of drug-likeness (QED) is 0.834. The largest absolute Gasteiger partial charge is 0.378 e. The molecule has 1 aromatic carbocycles. The third-order valence-electron chi connectivity index (χ3n) is 3.79. The zero-order valence-corrected chi connectivity index (χ0v) is 12.6. The lowest BCUT2D eigenvalue weighted by atomic mass is 10.0. The minimum Gasteiger partial charge on any atom is -0.378 e. The molecule has 1 aliphatic heterocycles. The lowest BCUT2D eigenvalue weighted by Gasteiger charge is -2.16. The highest BCUT2D eigenvalue weighted by atomic mass is 16.5. The number of aryl methyl sites for hydroxylation is 1. The Morgan fingerprint density at radius 3 is 2.95 bits per heavy atom. The van der Waals surface area contributed by atoms with E-state index in [2.05, 4.69) is 24.1 Å². The van der Waals surface area contributed by atoms with Gasteiger partial charge in [0.25, 0.3) is 0 Å². The molecule has 4 nitrogen and oxygen atoms in total. The van der Waals surface area contributed by atoms with E-state index in [1.807, 2.05) is 25.1 Å². The fourth-order valence-corrected chi connectivity index (χ4v) is 2.54. The summed E-state index contributed by atoms with van der Waals surface area (Å²) in [7, 11) is 0. The van der Waals surface area contributed by atoms with Gasteiger partial charge in [-0.3, -0.25) is 4.79 Å². The van der Waals surface area contributed by atoms with Crippen LogP contribution in [0.15, 0.2) is 18.2 Å². The second-order valence-corrected chi connectivity index (χ2v) is 5.19. The van der Waals surface area contributed by atoms with Gasteiger partial charge in [0.1, 0.15) is 0 Å². The molecule has 21 heavy (non-hydrogen) atoms. The Bertz CT molecular complexity index is 572. The number of amides is 1. The second kappa shape index (κ2) is 7.26. The number of hydrogen-bond acceptors (Lipinski definition) is 3. The lowest BCUT2D eigenvalue weighted by molar-refractivity contribution is -0.121. The fraction of sp³-hybridized carbons (Fsp3) is 0.471. The van der Waals surface area contributed by atoms with Crippen molar-refractivity contribution in [2.24, 2.45) is 11.7 Å². The molecule has 4 heteroatoms. The number of ether oxygens (including phenoxy) is 1. The summed E-state index contributed by atoms with van der Waals surface area (Å²) in [6, 6.07) is 5.83. The van der Waals surface area contributed by atoms with E-state index in [9.17, 15) is 4.79 Å². The second-order valence-electron chi connectivity index (χ2n) is 5.19. The molecule has 0 saturated carbocycles. The molecule has 1 fully saturated rings. The predicted octanol–water partition coefficient (Wildman–Crippen LogP) is 1.92. The SMILES string of the molecule is CCc1cc(C#CCN)ccc1NC(=O)C1CCOC1C. The van der Waals surface area contributed by atoms with E-state index in [-0.39, 0.29) is 17.9 Å². The van der Waals surface area contributed by atoms with Crippen LogP contribution in [0, 0.1) is 17.8 Å². The summed E-state index contributed by atoms with van der Waals surface area (Å²) in [4.78, 5) is 12.3. The molecular formula is C17H22N2O2. The minimum absolute atomic E-state index is 0.00947. The molecule has 0 bridgehead atoms. The van der Waals surface area contributed by atoms with Gasteiger partial charge in [-0.25, -0.2) is 0 Å². The third-order valence-corrected chi connectivity index (χ3v) is 3.79. The molecule has 2 atom stereocenters. The first-order valence-electron chi connectivity index (χ1n) is 7.40. The van der Waals surface area contributed by atoms with Crippen molar-refractivity contribution in [1.29, 1.82) is 0 Å². The first kappa shape index (κ1) is 15.6. The first-order chi connectivity index (χ1) is 10.2. The maximum Gasteiger partial charge on any atom is 0.230 e. The molecule has 1 heterocycles. The summed E-state index contributed by atoms with van der Waals surface area (Å²) >= 11 is 0. The number of nitrogens with one attached hydrogen (secondary N) is 1. The molecule has 1 saturated heterocycles. The highest BCUT2D eigenvalue weighted by Crippen LogP contribution is 2.24. The van der Waals surface area contributed by atoms with Gasteiger partial charge in [0, 0.05) is 17.9 Å². The molecule has 2 rings (SSSR count). The molecule has 112 valence electrons. The average Bonchev–Trinajstić information content (AvgIpc) is 2.92. The normalized spacial score (nSPS) is 20.7. The van der Waals surface area contributed by atoms with E-state index < -0.39 is 0 Å². The predicted molar refractivity (Wildman–Crippen MR) is 83.9 cm³/mol. The van der Waals surface area contributed by atoms with Crippen molar-refractivity contribution >= 4 is 11.6 Å². The lowest BCUT2D eigenvalue weighted by Crippen LogP contribution is -2.28. The Morgan fingerprint density at radius 2 is 2.33 bits per heavy atom. The molecule has 0 aliphatic carbocycles. The van der Waals surface area contributed by atoms with Crippen LogP contribution < -0.4 is 11.1 Å². The number of carbonyl (C=O) groups is 1. The monoisotopic (exact) mass is 286 g/mol. The van der Waals surface area contributed by atoms with Crippen LogP contribution in [0.25, 0.3) is 0 Å². The molecule has 0 radical (unpaired) electrons. The van der Waals surface area contributed by atoms with Crippen molar-refractivity contribution in [1.82, 2.24) is 0 Å². The van der Waals surface area contributed by atoms with Gasteiger partial charge in [0.15, 0.2) is 0 Å². The number of rotatable bonds is 3. The Kier molecular flexibility index (Phi) is 5.38. The molecule has 1 aromatic rings. The summed E-state index contributed by atoms with van der Waals surface area (Å²) in [5.74, 6) is 5.83. The number of hydrogen-bond donors (Lipinski definition) is 2. The van der Waals surface area contributed by atoms with Gasteiger partial charge in [0.05, 0.1) is 18.6 Å². The van der Waals surface area contributed by atoms with Crippen molar-refractivity contribution in [3.05, 3.63) is 29.3 Å². The third kappa shape index (κ3) is 3.84. The number of nitrogens with two attached hydrogens (primary N) is 1. The van der Waals surface area contributed by atoms with Crippen LogP contribution in [0.5, 0.6) is 0 Å². The van der Waals surface area contributed by atoms with Gasteiger partial charge >= 0.3 is 0 Å². The van der Waals surface area contributed by atoms with Crippen LogP contribution in [0.1, 0.15) is 31.4 Å². The van der Waals surface area contributed by atoms with Gasteiger partial charge in [-0.2, -0.15) is 0 Å². The van der Waals surface area contributed by atoms with Crippen LogP contribution in [-0.4, -0.2) is 25.2 Å². The highest BCUT2D eigenvalue weighted by molar-refractivity contribution is 5.93. The Hall–Kier alpha value is -1.83. The molecule has 2 unspecified atom stereocenters. The number of anilines is 1. The van der Waals surface area contributed by atoms with Gasteiger partial charge in [-0.1, -0.05) is 18.8 Å². The fourth-order valence-electron chi connectivity index (χ4n) is 2.54. The first-order valence-corrected chi connectivity index (χ1v) is 7.40. The van der Waals surface area contributed by atoms with Crippen LogP contribution in [0.2, 0.25) is 0 Å². The molecule has 0 spiro atoms. The summed E-state index contributed by atoms with van der Waals surface area (Å²) in [6.45, 7) is 5.02. The summed E-state index contributed by atoms with van der Waals surface area (Å²) < 4.78 is 5.45. The Morgan fingerprint density at radius 1 is 1.52 bits per heavy atom. The van der Waals surface area contributed by atoms with Crippen LogP contribution in [0.3, 0.4) is 0 Å². The summed E-state index contributed by atoms with van der Waals surface area (Å²) in [6.07, 6.45) is 1.61. The molecule has 1 aliphatic rings. The van der Waals surface area contributed by atoms with E-state index in [1.165, 1.54) is 0 Å². The van der Waals surface area contributed by atoms with Crippen LogP contribution >= 0.6 is 0 Å². The van der Waals surface area contributed by atoms with Gasteiger partial charge in [-0.15, -0.1) is 0 Å². The zero-order chi connectivity index (χ0) is 15.2. The molecule has 1 amide bonds. The van der Waals surface area contributed by atoms with Gasteiger partial charge < -0.3 is 15.8 Å². The average molecular weight is 286 g/mol. The summed E-state index contributed by atoms with van der Waals surface area (Å²) in [5.41, 5.74) is 8.25. The summed E-state index contributed by atoms with van der Waals surface area (Å²) in [5, 5.41) is 3.03. The van der Waals surface area contributed by atoms with Gasteiger partial charge in [0.2, 0.25) is 5.91 Å². The van der Waals surface area contributed by atoms with Crippen molar-refractivity contribution in [2.75, 3.05) is 18.5 Å². The Balaban J connectivity index is 2.14. The topological polar surface area (TPSA) is 64.3 Å². The van der Waals surface area contributed by atoms with E-state index in [0.717, 1.165) is 29.7 Å². The van der Waals surface area contributed by atoms with Crippen molar-refractivity contribution in [3.63, 3.8) is 0 Å². The smallest absolute Gasteiger partial charge is 0.230 e. The molecule has 0 aromatic heterocycles. The number of carbonyl (C=O) groups excluding carboxylic acids is 1. The molecule has 3 N–H and O–H groups in total. The zero-order valence-electron chi connectivity index (χ0n) is 12.6. The minimum atomic E-state index is -0.0635. The standard InChI is InChI=1S/C17H22N2O2/c1-3-14-11-13(5-4-9-18)6-7-16(14)19-17(20)15-8-10-21-12(15)2/h6-7,11-12,15H,3,8-10,18H2,1-2H3,(H,19,20). The van der Waals surface area contributed by atoms with E-state index in [0.29, 0.717) is 13.2 Å². The Labute approximate surface area is 126 Å². The maximum atomic E-state index is 12.3. The van der Waals surface area contributed by atoms with Crippen molar-refractivity contribution in [3.8, 4) is 11.8 Å². The van der Waals surface area contributed by atoms with E-state index in [1.54, 1.807) is 0 Å². The van der Waals surface area contributed by atoms with E-state index >= 15 is 0 Å². The highest BCUT2D eigenvalue weighted by Gasteiger charge is 2.30. The van der Waals surface area contributed by atoms with E-state index in [4.69, 9.17) is 10.5 Å². The van der Waals surface area contributed by atoms with Crippen molar-refractivity contribution < 1.29 is 9.53 Å². The molecular weight excluding hydrogens is 264 g/mol. The maximum absolute atomic E-state index is 12.3.